The molecule has 0 spiro atoms. The van der Waals surface area contributed by atoms with Crippen molar-refractivity contribution in [3.05, 3.63) is 70.1 Å². The summed E-state index contributed by atoms with van der Waals surface area (Å²) in [6.45, 7) is 0. The van der Waals surface area contributed by atoms with Crippen LogP contribution in [0.1, 0.15) is 23.6 Å². The molecule has 0 aliphatic heterocycles. The van der Waals surface area contributed by atoms with Gasteiger partial charge in [0.1, 0.15) is 0 Å². The molecule has 0 bridgehead atoms. The van der Waals surface area contributed by atoms with E-state index in [1.807, 2.05) is 25.2 Å². The quantitative estimate of drug-likeness (QED) is 0.673. The Kier molecular flexibility index (Phi) is 3.88. The summed E-state index contributed by atoms with van der Waals surface area (Å²) in [5.74, 6) is 0. The number of H-pyrrole nitrogens is 2. The first-order valence-corrected chi connectivity index (χ1v) is 7.19. The summed E-state index contributed by atoms with van der Waals surface area (Å²) in [5, 5.41) is 3.36. The van der Waals surface area contributed by atoms with Crippen LogP contribution in [0.5, 0.6) is 0 Å². The molecule has 1 atom stereocenters. The number of imidazole rings is 1. The molecular weight excluding hydrogens is 262 g/mol. The summed E-state index contributed by atoms with van der Waals surface area (Å²) >= 11 is 0. The molecule has 1 aromatic heterocycles. The van der Waals surface area contributed by atoms with Gasteiger partial charge >= 0.3 is 5.69 Å². The van der Waals surface area contributed by atoms with E-state index >= 15 is 0 Å². The molecule has 0 saturated carbocycles. The number of rotatable bonds is 5. The molecule has 0 saturated heterocycles. The van der Waals surface area contributed by atoms with Crippen molar-refractivity contribution in [2.45, 2.75) is 18.9 Å². The highest BCUT2D eigenvalue weighted by Gasteiger charge is 2.10. The van der Waals surface area contributed by atoms with Crippen LogP contribution in [0.25, 0.3) is 11.0 Å². The predicted molar refractivity (Wildman–Crippen MR) is 85.5 cm³/mol. The fraction of sp³-hybridized carbons (Fsp3) is 0.235. The lowest BCUT2D eigenvalue weighted by Gasteiger charge is -2.16. The van der Waals surface area contributed by atoms with Crippen molar-refractivity contribution in [2.75, 3.05) is 7.05 Å². The molecule has 4 heteroatoms. The van der Waals surface area contributed by atoms with Gasteiger partial charge in [-0.05, 0) is 43.1 Å². The molecule has 3 aromatic rings. The third-order valence-corrected chi connectivity index (χ3v) is 3.86. The van der Waals surface area contributed by atoms with E-state index in [2.05, 4.69) is 45.6 Å². The third-order valence-electron chi connectivity index (χ3n) is 3.86. The van der Waals surface area contributed by atoms with Gasteiger partial charge < -0.3 is 15.3 Å². The monoisotopic (exact) mass is 281 g/mol. The van der Waals surface area contributed by atoms with Gasteiger partial charge in [-0.25, -0.2) is 4.79 Å². The first-order valence-electron chi connectivity index (χ1n) is 7.19. The molecule has 0 aliphatic rings. The zero-order valence-corrected chi connectivity index (χ0v) is 12.0. The van der Waals surface area contributed by atoms with Crippen LogP contribution < -0.4 is 11.0 Å². The number of fused-ring (bicyclic) bond motifs is 1. The molecule has 1 heterocycles. The topological polar surface area (TPSA) is 60.7 Å². The van der Waals surface area contributed by atoms with E-state index in [0.29, 0.717) is 0 Å². The Morgan fingerprint density at radius 2 is 1.81 bits per heavy atom. The summed E-state index contributed by atoms with van der Waals surface area (Å²) in [4.78, 5) is 16.9. The van der Waals surface area contributed by atoms with E-state index < -0.39 is 0 Å². The van der Waals surface area contributed by atoms with Crippen LogP contribution in [0.4, 0.5) is 0 Å². The van der Waals surface area contributed by atoms with Gasteiger partial charge in [0.15, 0.2) is 0 Å². The Morgan fingerprint density at radius 3 is 2.57 bits per heavy atom. The number of aromatic nitrogens is 2. The van der Waals surface area contributed by atoms with E-state index in [-0.39, 0.29) is 11.7 Å². The fourth-order valence-electron chi connectivity index (χ4n) is 2.70. The van der Waals surface area contributed by atoms with Crippen LogP contribution in [0, 0.1) is 0 Å². The Bertz CT molecular complexity index is 773. The number of benzene rings is 2. The largest absolute Gasteiger partial charge is 0.323 e. The highest BCUT2D eigenvalue weighted by molar-refractivity contribution is 5.75. The van der Waals surface area contributed by atoms with Crippen molar-refractivity contribution in [3.63, 3.8) is 0 Å². The first kappa shape index (κ1) is 13.6. The average molecular weight is 281 g/mol. The van der Waals surface area contributed by atoms with Crippen molar-refractivity contribution >= 4 is 11.0 Å². The Labute approximate surface area is 123 Å². The van der Waals surface area contributed by atoms with E-state index in [9.17, 15) is 4.79 Å². The van der Waals surface area contributed by atoms with Gasteiger partial charge in [0.25, 0.3) is 0 Å². The molecule has 3 rings (SSSR count). The van der Waals surface area contributed by atoms with E-state index in [0.717, 1.165) is 23.9 Å². The second kappa shape index (κ2) is 5.97. The second-order valence-electron chi connectivity index (χ2n) is 5.25. The van der Waals surface area contributed by atoms with E-state index in [1.54, 1.807) is 0 Å². The maximum atomic E-state index is 11.3. The molecule has 0 aliphatic carbocycles. The summed E-state index contributed by atoms with van der Waals surface area (Å²) < 4.78 is 0. The van der Waals surface area contributed by atoms with Crippen LogP contribution in [0.15, 0.2) is 53.3 Å². The number of hydrogen-bond donors (Lipinski definition) is 3. The summed E-state index contributed by atoms with van der Waals surface area (Å²) in [6, 6.07) is 16.8. The maximum absolute atomic E-state index is 11.3. The zero-order chi connectivity index (χ0) is 14.7. The highest BCUT2D eigenvalue weighted by Crippen LogP contribution is 2.21. The lowest BCUT2D eigenvalue weighted by atomic mass is 9.99. The molecule has 2 aromatic carbocycles. The standard InChI is InChI=1S/C17H19N3O/c1-18-14(9-7-12-5-3-2-4-6-12)13-8-10-15-16(11-13)20-17(21)19-15/h2-6,8,10-11,14,18H,7,9H2,1H3,(H2,19,20,21). The van der Waals surface area contributed by atoms with Crippen LogP contribution in [-0.4, -0.2) is 17.0 Å². The number of aryl methyl sites for hydroxylation is 1. The van der Waals surface area contributed by atoms with Gasteiger partial charge in [-0.15, -0.1) is 0 Å². The van der Waals surface area contributed by atoms with Crippen molar-refractivity contribution in [2.24, 2.45) is 0 Å². The molecular formula is C17H19N3O. The van der Waals surface area contributed by atoms with Crippen LogP contribution in [-0.2, 0) is 6.42 Å². The summed E-state index contributed by atoms with van der Waals surface area (Å²) in [6.07, 6.45) is 2.04. The van der Waals surface area contributed by atoms with Gasteiger partial charge in [-0.2, -0.15) is 0 Å². The van der Waals surface area contributed by atoms with Crippen molar-refractivity contribution in [1.82, 2.24) is 15.3 Å². The van der Waals surface area contributed by atoms with Gasteiger partial charge in [0.05, 0.1) is 11.0 Å². The number of hydrogen-bond acceptors (Lipinski definition) is 2. The molecule has 3 N–H and O–H groups in total. The molecule has 4 nitrogen and oxygen atoms in total. The minimum atomic E-state index is -0.160. The highest BCUT2D eigenvalue weighted by atomic mass is 16.1. The molecule has 0 radical (unpaired) electrons. The molecule has 0 fully saturated rings. The van der Waals surface area contributed by atoms with Crippen LogP contribution in [0.2, 0.25) is 0 Å². The summed E-state index contributed by atoms with van der Waals surface area (Å²) in [5.41, 5.74) is 4.08. The first-order chi connectivity index (χ1) is 10.3. The molecule has 21 heavy (non-hydrogen) atoms. The van der Waals surface area contributed by atoms with Crippen LogP contribution >= 0.6 is 0 Å². The molecule has 108 valence electrons. The van der Waals surface area contributed by atoms with Crippen molar-refractivity contribution < 1.29 is 0 Å². The van der Waals surface area contributed by atoms with E-state index in [1.165, 1.54) is 11.1 Å². The van der Waals surface area contributed by atoms with Crippen molar-refractivity contribution in [1.29, 1.82) is 0 Å². The molecule has 1 unspecified atom stereocenters. The maximum Gasteiger partial charge on any atom is 0.323 e. The van der Waals surface area contributed by atoms with Crippen LogP contribution in [0.3, 0.4) is 0 Å². The smallest absolute Gasteiger partial charge is 0.313 e. The lowest BCUT2D eigenvalue weighted by molar-refractivity contribution is 0.550. The minimum Gasteiger partial charge on any atom is -0.313 e. The summed E-state index contributed by atoms with van der Waals surface area (Å²) in [7, 11) is 1.97. The zero-order valence-electron chi connectivity index (χ0n) is 12.0. The number of nitrogens with one attached hydrogen (secondary N) is 3. The lowest BCUT2D eigenvalue weighted by Crippen LogP contribution is -2.17. The van der Waals surface area contributed by atoms with Gasteiger partial charge in [-0.1, -0.05) is 36.4 Å². The normalized spacial score (nSPS) is 12.6. The minimum absolute atomic E-state index is 0.160. The van der Waals surface area contributed by atoms with E-state index in [4.69, 9.17) is 0 Å². The number of aromatic amines is 2. The molecule has 0 amide bonds. The Balaban J connectivity index is 1.79. The van der Waals surface area contributed by atoms with Crippen molar-refractivity contribution in [3.8, 4) is 0 Å². The Morgan fingerprint density at radius 1 is 1.05 bits per heavy atom. The Hall–Kier alpha value is -2.33. The fourth-order valence-corrected chi connectivity index (χ4v) is 2.70. The second-order valence-corrected chi connectivity index (χ2v) is 5.25. The third kappa shape index (κ3) is 3.06. The predicted octanol–water partition coefficient (Wildman–Crippen LogP) is 2.75. The van der Waals surface area contributed by atoms with Gasteiger partial charge in [0, 0.05) is 6.04 Å². The SMILES string of the molecule is CNC(CCc1ccccc1)c1ccc2[nH]c(=O)[nH]c2c1. The van der Waals surface area contributed by atoms with Gasteiger partial charge in [0.2, 0.25) is 0 Å². The average Bonchev–Trinajstić information content (AvgIpc) is 2.88. The van der Waals surface area contributed by atoms with Gasteiger partial charge in [-0.3, -0.25) is 0 Å².